The summed E-state index contributed by atoms with van der Waals surface area (Å²) in [6, 6.07) is 12.8. The molecule has 0 amide bonds. The normalized spacial score (nSPS) is 11.3. The molecule has 9 nitrogen and oxygen atoms in total. The van der Waals surface area contributed by atoms with Crippen molar-refractivity contribution in [1.82, 2.24) is 29.5 Å². The molecular weight excluding hydrogens is 413 g/mol. The first-order valence-electron chi connectivity index (χ1n) is 8.67. The molecule has 0 spiro atoms. The van der Waals surface area contributed by atoms with E-state index in [0.29, 0.717) is 23.7 Å². The van der Waals surface area contributed by atoms with Gasteiger partial charge in [-0.2, -0.15) is 10.1 Å². The summed E-state index contributed by atoms with van der Waals surface area (Å²) in [5, 5.41) is 7.81. The Morgan fingerprint density at radius 2 is 1.93 bits per heavy atom. The van der Waals surface area contributed by atoms with Gasteiger partial charge in [0.15, 0.2) is 0 Å². The Morgan fingerprint density at radius 3 is 2.60 bits per heavy atom. The van der Waals surface area contributed by atoms with E-state index in [1.54, 1.807) is 12.1 Å². The van der Waals surface area contributed by atoms with Crippen molar-refractivity contribution in [3.05, 3.63) is 77.6 Å². The third-order valence-corrected chi connectivity index (χ3v) is 4.28. The van der Waals surface area contributed by atoms with Crippen molar-refractivity contribution in [3.63, 3.8) is 0 Å². The van der Waals surface area contributed by atoms with E-state index >= 15 is 0 Å². The first-order valence-corrected chi connectivity index (χ1v) is 8.67. The van der Waals surface area contributed by atoms with Crippen LogP contribution in [0.2, 0.25) is 0 Å². The molecule has 3 aromatic heterocycles. The number of pyridine rings is 1. The van der Waals surface area contributed by atoms with Crippen LogP contribution in [0.25, 0.3) is 28.5 Å². The van der Waals surface area contributed by atoms with Crippen LogP contribution in [0.15, 0.2) is 76.4 Å². The standard InChI is InChI=1S/C19H16FN7O2.ClH/c20-8-13(9-21)10-27-19(28)26(11-23-27)17-3-1-2-16(24-17)14-4-6-15(7-5-14)18-22-12-29-25-18;/h1-8,11-12H,9-10,21H2;1H/b13-8+;. The molecule has 0 saturated carbocycles. The minimum Gasteiger partial charge on any atom is -0.342 e. The highest BCUT2D eigenvalue weighted by atomic mass is 35.5. The molecule has 4 rings (SSSR count). The highest BCUT2D eigenvalue weighted by Gasteiger charge is 2.11. The molecule has 4 aromatic rings. The van der Waals surface area contributed by atoms with E-state index in [0.717, 1.165) is 15.8 Å². The lowest BCUT2D eigenvalue weighted by atomic mass is 10.1. The lowest BCUT2D eigenvalue weighted by Crippen LogP contribution is -2.26. The second-order valence-corrected chi connectivity index (χ2v) is 6.13. The van der Waals surface area contributed by atoms with Crippen LogP contribution in [0.4, 0.5) is 4.39 Å². The second-order valence-electron chi connectivity index (χ2n) is 6.13. The molecule has 30 heavy (non-hydrogen) atoms. The smallest absolute Gasteiger partial charge is 0.342 e. The van der Waals surface area contributed by atoms with Crippen molar-refractivity contribution >= 4 is 12.4 Å². The third-order valence-electron chi connectivity index (χ3n) is 4.28. The van der Waals surface area contributed by atoms with Crippen LogP contribution in [0, 0.1) is 0 Å². The fourth-order valence-corrected chi connectivity index (χ4v) is 2.74. The summed E-state index contributed by atoms with van der Waals surface area (Å²) in [7, 11) is 0. The maximum atomic E-state index is 12.7. The van der Waals surface area contributed by atoms with Crippen LogP contribution in [-0.2, 0) is 6.54 Å². The SMILES string of the molecule is Cl.NC/C(=C\F)Cn1ncn(-c2cccc(-c3ccc(-c4ncon4)cc3)n2)c1=O. The lowest BCUT2D eigenvalue weighted by Gasteiger charge is -2.05. The van der Waals surface area contributed by atoms with Gasteiger partial charge in [0.1, 0.15) is 12.1 Å². The quantitative estimate of drug-likeness (QED) is 0.500. The Morgan fingerprint density at radius 1 is 1.17 bits per heavy atom. The van der Waals surface area contributed by atoms with Gasteiger partial charge in [0.2, 0.25) is 12.2 Å². The molecule has 0 aliphatic carbocycles. The highest BCUT2D eigenvalue weighted by molar-refractivity contribution is 5.85. The van der Waals surface area contributed by atoms with Crippen LogP contribution in [0.1, 0.15) is 0 Å². The Hall–Kier alpha value is -3.63. The second kappa shape index (κ2) is 9.25. The lowest BCUT2D eigenvalue weighted by molar-refractivity contribution is 0.419. The van der Waals surface area contributed by atoms with E-state index < -0.39 is 5.69 Å². The summed E-state index contributed by atoms with van der Waals surface area (Å²) in [4.78, 5) is 21.1. The van der Waals surface area contributed by atoms with Gasteiger partial charge in [0.25, 0.3) is 0 Å². The number of rotatable bonds is 6. The number of nitrogens with two attached hydrogens (primary N) is 1. The van der Waals surface area contributed by atoms with Crippen molar-refractivity contribution in [1.29, 1.82) is 0 Å². The van der Waals surface area contributed by atoms with E-state index in [-0.39, 0.29) is 31.1 Å². The van der Waals surface area contributed by atoms with E-state index in [9.17, 15) is 9.18 Å². The summed E-state index contributed by atoms with van der Waals surface area (Å²) in [6.45, 7) is -0.0144. The first-order chi connectivity index (χ1) is 14.2. The molecule has 3 heterocycles. The Kier molecular flexibility index (Phi) is 6.50. The predicted octanol–water partition coefficient (Wildman–Crippen LogP) is 2.38. The van der Waals surface area contributed by atoms with Gasteiger partial charge in [-0.3, -0.25) is 0 Å². The largest absolute Gasteiger partial charge is 0.351 e. The molecule has 2 N–H and O–H groups in total. The first kappa shape index (κ1) is 21.1. The van der Waals surface area contributed by atoms with E-state index in [4.69, 9.17) is 10.3 Å². The van der Waals surface area contributed by atoms with Gasteiger partial charge in [-0.05, 0) is 17.7 Å². The molecule has 0 unspecified atom stereocenters. The minimum absolute atomic E-state index is 0. The number of benzene rings is 1. The molecule has 0 aliphatic heterocycles. The van der Waals surface area contributed by atoms with Crippen LogP contribution in [0.3, 0.4) is 0 Å². The molecule has 1 aromatic carbocycles. The zero-order valence-electron chi connectivity index (χ0n) is 15.6. The van der Waals surface area contributed by atoms with Gasteiger partial charge in [0.05, 0.1) is 18.6 Å². The van der Waals surface area contributed by atoms with Gasteiger partial charge in [-0.1, -0.05) is 35.5 Å². The number of hydrogen-bond donors (Lipinski definition) is 1. The molecule has 0 bridgehead atoms. The highest BCUT2D eigenvalue weighted by Crippen LogP contribution is 2.22. The van der Waals surface area contributed by atoms with Gasteiger partial charge >= 0.3 is 5.69 Å². The van der Waals surface area contributed by atoms with Crippen molar-refractivity contribution in [2.75, 3.05) is 6.54 Å². The van der Waals surface area contributed by atoms with E-state index in [1.807, 2.05) is 30.3 Å². The van der Waals surface area contributed by atoms with Crippen LogP contribution < -0.4 is 11.4 Å². The summed E-state index contributed by atoms with van der Waals surface area (Å²) in [5.74, 6) is 0.899. The van der Waals surface area contributed by atoms with Gasteiger partial charge < -0.3 is 10.3 Å². The van der Waals surface area contributed by atoms with Gasteiger partial charge in [0, 0.05) is 17.7 Å². The van der Waals surface area contributed by atoms with E-state index in [1.165, 1.54) is 17.3 Å². The molecule has 0 fully saturated rings. The zero-order valence-corrected chi connectivity index (χ0v) is 16.4. The summed E-state index contributed by atoms with van der Waals surface area (Å²) < 4.78 is 19.9. The number of hydrogen-bond acceptors (Lipinski definition) is 7. The Labute approximate surface area is 176 Å². The molecule has 0 atom stereocenters. The number of halogens is 2. The average molecular weight is 430 g/mol. The maximum absolute atomic E-state index is 12.7. The van der Waals surface area contributed by atoms with Gasteiger partial charge in [-0.15, -0.1) is 12.4 Å². The fraction of sp³-hybridized carbons (Fsp3) is 0.105. The van der Waals surface area contributed by atoms with Crippen LogP contribution in [-0.4, -0.2) is 36.0 Å². The van der Waals surface area contributed by atoms with Gasteiger partial charge in [-0.25, -0.2) is 23.4 Å². The van der Waals surface area contributed by atoms with Crippen molar-refractivity contribution in [3.8, 4) is 28.5 Å². The number of aromatic nitrogens is 6. The van der Waals surface area contributed by atoms with Crippen molar-refractivity contribution < 1.29 is 8.91 Å². The minimum atomic E-state index is -0.435. The molecule has 0 aliphatic rings. The number of nitrogens with zero attached hydrogens (tertiary/aromatic N) is 6. The van der Waals surface area contributed by atoms with Crippen LogP contribution in [0.5, 0.6) is 0 Å². The molecule has 11 heteroatoms. The molecular formula is C19H17ClFN7O2. The predicted molar refractivity (Wildman–Crippen MR) is 110 cm³/mol. The molecule has 0 radical (unpaired) electrons. The van der Waals surface area contributed by atoms with E-state index in [2.05, 4.69) is 20.2 Å². The van der Waals surface area contributed by atoms with Crippen molar-refractivity contribution in [2.45, 2.75) is 6.54 Å². The van der Waals surface area contributed by atoms with Crippen molar-refractivity contribution in [2.24, 2.45) is 5.73 Å². The Bertz CT molecular complexity index is 1200. The average Bonchev–Trinajstić information content (AvgIpc) is 3.43. The maximum Gasteiger partial charge on any atom is 0.351 e. The fourth-order valence-electron chi connectivity index (χ4n) is 2.74. The molecule has 0 saturated heterocycles. The summed E-state index contributed by atoms with van der Waals surface area (Å²) in [5.41, 5.74) is 7.61. The third kappa shape index (κ3) is 4.19. The zero-order chi connectivity index (χ0) is 20.2. The topological polar surface area (TPSA) is 118 Å². The van der Waals surface area contributed by atoms with Crippen LogP contribution >= 0.6 is 12.4 Å². The monoisotopic (exact) mass is 429 g/mol. The molecule has 154 valence electrons. The summed E-state index contributed by atoms with van der Waals surface area (Å²) in [6.07, 6.45) is 3.01. The summed E-state index contributed by atoms with van der Waals surface area (Å²) >= 11 is 0. The Balaban J connectivity index is 0.00000256.